The van der Waals surface area contributed by atoms with Crippen molar-refractivity contribution in [2.75, 3.05) is 18.0 Å². The molecule has 1 heterocycles. The lowest BCUT2D eigenvalue weighted by atomic mass is 9.97. The summed E-state index contributed by atoms with van der Waals surface area (Å²) in [7, 11) is 0. The Labute approximate surface area is 207 Å². The second-order valence-corrected chi connectivity index (χ2v) is 9.87. The molecular formula is C29H45N5. The lowest BCUT2D eigenvalue weighted by Crippen LogP contribution is -2.32. The van der Waals surface area contributed by atoms with Gasteiger partial charge in [-0.25, -0.2) is 0 Å². The van der Waals surface area contributed by atoms with Crippen LogP contribution < -0.4 is 27.8 Å². The third kappa shape index (κ3) is 9.75. The van der Waals surface area contributed by atoms with Gasteiger partial charge in [-0.05, 0) is 75.8 Å². The highest BCUT2D eigenvalue weighted by atomic mass is 15.1. The molecule has 0 atom stereocenters. The predicted octanol–water partition coefficient (Wildman–Crippen LogP) is 5.36. The monoisotopic (exact) mass is 463 g/mol. The summed E-state index contributed by atoms with van der Waals surface area (Å²) in [4.78, 5) is 2.44. The highest BCUT2D eigenvalue weighted by Gasteiger charge is 2.16. The van der Waals surface area contributed by atoms with Gasteiger partial charge in [-0.2, -0.15) is 0 Å². The van der Waals surface area contributed by atoms with E-state index in [4.69, 9.17) is 22.9 Å². The number of aryl methyl sites for hydroxylation is 1. The van der Waals surface area contributed by atoms with Gasteiger partial charge in [-0.3, -0.25) is 0 Å². The first-order valence-electron chi connectivity index (χ1n) is 11.9. The highest BCUT2D eigenvalue weighted by Crippen LogP contribution is 2.27. The summed E-state index contributed by atoms with van der Waals surface area (Å²) in [5, 5.41) is 0. The molecule has 1 aliphatic heterocycles. The summed E-state index contributed by atoms with van der Waals surface area (Å²) in [6, 6.07) is 16.5. The van der Waals surface area contributed by atoms with Crippen LogP contribution in [0.4, 0.5) is 5.69 Å². The Morgan fingerprint density at radius 3 is 1.91 bits per heavy atom. The van der Waals surface area contributed by atoms with E-state index in [-0.39, 0.29) is 11.4 Å². The smallest absolute Gasteiger partial charge is 0.101 e. The van der Waals surface area contributed by atoms with Gasteiger partial charge in [-0.15, -0.1) is 13.2 Å². The number of piperidine rings is 1. The van der Waals surface area contributed by atoms with Crippen LogP contribution in [0.1, 0.15) is 57.2 Å². The van der Waals surface area contributed by atoms with Crippen LogP contribution in [0, 0.1) is 12.8 Å². The Morgan fingerprint density at radius 1 is 0.941 bits per heavy atom. The molecule has 0 saturated carbocycles. The minimum Gasteiger partial charge on any atom is -0.398 e. The molecule has 8 N–H and O–H groups in total. The van der Waals surface area contributed by atoms with Crippen molar-refractivity contribution in [3.05, 3.63) is 90.3 Å². The zero-order chi connectivity index (χ0) is 25.9. The Morgan fingerprint density at radius 2 is 1.44 bits per heavy atom. The molecule has 0 amide bonds. The zero-order valence-corrected chi connectivity index (χ0v) is 21.8. The Bertz CT molecular complexity index is 933. The molecule has 2 aromatic rings. The molecule has 0 spiro atoms. The van der Waals surface area contributed by atoms with Crippen LogP contribution in [-0.4, -0.2) is 18.6 Å². The quantitative estimate of drug-likeness (QED) is 0.360. The van der Waals surface area contributed by atoms with E-state index in [1.54, 1.807) is 0 Å². The Kier molecular flexibility index (Phi) is 11.5. The van der Waals surface area contributed by atoms with E-state index in [1.165, 1.54) is 18.5 Å². The predicted molar refractivity (Wildman–Crippen MR) is 151 cm³/mol. The van der Waals surface area contributed by atoms with Crippen LogP contribution in [0.3, 0.4) is 0 Å². The molecule has 1 saturated heterocycles. The van der Waals surface area contributed by atoms with Crippen LogP contribution >= 0.6 is 0 Å². The fourth-order valence-corrected chi connectivity index (χ4v) is 3.58. The fourth-order valence-electron chi connectivity index (χ4n) is 3.58. The maximum atomic E-state index is 6.34. The average Bonchev–Trinajstić information content (AvgIpc) is 2.78. The first kappa shape index (κ1) is 28.9. The molecule has 1 fully saturated rings. The topological polar surface area (TPSA) is 107 Å². The van der Waals surface area contributed by atoms with Crippen molar-refractivity contribution in [3.63, 3.8) is 0 Å². The summed E-state index contributed by atoms with van der Waals surface area (Å²) >= 11 is 0. The molecule has 0 radical (unpaired) electrons. The van der Waals surface area contributed by atoms with Crippen molar-refractivity contribution in [1.29, 1.82) is 0 Å². The van der Waals surface area contributed by atoms with E-state index < -0.39 is 0 Å². The molecule has 186 valence electrons. The second kappa shape index (κ2) is 13.5. The van der Waals surface area contributed by atoms with E-state index in [9.17, 15) is 0 Å². The number of hydrogen-bond donors (Lipinski definition) is 4. The van der Waals surface area contributed by atoms with Gasteiger partial charge < -0.3 is 27.8 Å². The normalized spacial score (nSPS) is 14.3. The standard InChI is InChI=1S/C23H30N4.C4H11N.C2H4/c1-16-11-13-27(14-12-16)19-9-7-18(8-10-19)21(23(25)26)15-22(24)20-6-4-3-5-17(20)2;1-4(2,3)5;1-2/h3-10,15-16H,11-14,24-26H2,1-2H3;5H2,1-3H3;1-2H2/b22-15-;;. The van der Waals surface area contributed by atoms with Crippen LogP contribution in [0.2, 0.25) is 0 Å². The number of allylic oxidation sites excluding steroid dienone is 2. The van der Waals surface area contributed by atoms with Gasteiger partial charge in [0.1, 0.15) is 5.82 Å². The largest absolute Gasteiger partial charge is 0.398 e. The maximum absolute atomic E-state index is 6.34. The van der Waals surface area contributed by atoms with Crippen molar-refractivity contribution >= 4 is 17.0 Å². The maximum Gasteiger partial charge on any atom is 0.101 e. The van der Waals surface area contributed by atoms with Crippen molar-refractivity contribution in [2.45, 2.75) is 53.0 Å². The molecule has 0 unspecified atom stereocenters. The average molecular weight is 464 g/mol. The van der Waals surface area contributed by atoms with E-state index >= 15 is 0 Å². The molecule has 34 heavy (non-hydrogen) atoms. The second-order valence-electron chi connectivity index (χ2n) is 9.87. The van der Waals surface area contributed by atoms with Gasteiger partial charge in [0.2, 0.25) is 0 Å². The summed E-state index contributed by atoms with van der Waals surface area (Å²) < 4.78 is 0. The number of nitrogens with two attached hydrogens (primary N) is 4. The SMILES string of the molecule is C=C.CC(C)(C)N.Cc1ccccc1/C(N)=C/C(=C(N)N)c1ccc(N2CCC(C)CC2)cc1. The summed E-state index contributed by atoms with van der Waals surface area (Å²) in [5.74, 6) is 1.09. The first-order chi connectivity index (χ1) is 16.0. The highest BCUT2D eigenvalue weighted by molar-refractivity contribution is 5.85. The van der Waals surface area contributed by atoms with Crippen LogP contribution in [0.5, 0.6) is 0 Å². The van der Waals surface area contributed by atoms with Crippen LogP contribution in [0.25, 0.3) is 11.3 Å². The number of anilines is 1. The number of rotatable bonds is 4. The lowest BCUT2D eigenvalue weighted by molar-refractivity contribution is 0.438. The number of benzene rings is 2. The van der Waals surface area contributed by atoms with Gasteiger partial charge in [-0.1, -0.05) is 43.3 Å². The number of hydrogen-bond acceptors (Lipinski definition) is 5. The summed E-state index contributed by atoms with van der Waals surface area (Å²) in [5.41, 5.74) is 29.4. The Balaban J connectivity index is 0.000000733. The lowest BCUT2D eigenvalue weighted by Gasteiger charge is -2.32. The summed E-state index contributed by atoms with van der Waals surface area (Å²) in [6.07, 6.45) is 4.37. The minimum absolute atomic E-state index is 0. The fraction of sp³-hybridized carbons (Fsp3) is 0.379. The van der Waals surface area contributed by atoms with E-state index in [2.05, 4.69) is 49.2 Å². The summed E-state index contributed by atoms with van der Waals surface area (Å²) in [6.45, 7) is 18.5. The molecule has 0 bridgehead atoms. The molecule has 2 aromatic carbocycles. The van der Waals surface area contributed by atoms with Crippen LogP contribution in [0.15, 0.2) is 73.6 Å². The molecule has 0 aromatic heterocycles. The van der Waals surface area contributed by atoms with Gasteiger partial charge in [0.15, 0.2) is 0 Å². The molecular weight excluding hydrogens is 418 g/mol. The van der Waals surface area contributed by atoms with Crippen LogP contribution in [-0.2, 0) is 0 Å². The third-order valence-corrected chi connectivity index (χ3v) is 5.39. The molecule has 1 aliphatic rings. The van der Waals surface area contributed by atoms with Gasteiger partial charge in [0.25, 0.3) is 0 Å². The molecule has 3 rings (SSSR count). The molecule has 5 nitrogen and oxygen atoms in total. The van der Waals surface area contributed by atoms with E-state index in [0.717, 1.165) is 41.3 Å². The van der Waals surface area contributed by atoms with Crippen molar-refractivity contribution < 1.29 is 0 Å². The van der Waals surface area contributed by atoms with Crippen molar-refractivity contribution in [2.24, 2.45) is 28.9 Å². The number of nitrogens with zero attached hydrogens (tertiary/aromatic N) is 1. The van der Waals surface area contributed by atoms with E-state index in [1.807, 2.05) is 58.0 Å². The Hall–Kier alpha value is -3.18. The van der Waals surface area contributed by atoms with Crippen molar-refractivity contribution in [3.8, 4) is 0 Å². The zero-order valence-electron chi connectivity index (χ0n) is 21.8. The van der Waals surface area contributed by atoms with Gasteiger partial charge >= 0.3 is 0 Å². The van der Waals surface area contributed by atoms with E-state index in [0.29, 0.717) is 5.70 Å². The van der Waals surface area contributed by atoms with Crippen molar-refractivity contribution in [1.82, 2.24) is 0 Å². The first-order valence-corrected chi connectivity index (χ1v) is 11.9. The minimum atomic E-state index is 0. The molecule has 0 aliphatic carbocycles. The molecule has 5 heteroatoms. The van der Waals surface area contributed by atoms with Gasteiger partial charge in [0, 0.05) is 41.1 Å². The third-order valence-electron chi connectivity index (χ3n) is 5.39. The van der Waals surface area contributed by atoms with Gasteiger partial charge in [0.05, 0.1) is 0 Å².